The molecule has 0 saturated carbocycles. The Morgan fingerprint density at radius 1 is 1.45 bits per heavy atom. The molecule has 0 bridgehead atoms. The van der Waals surface area contributed by atoms with Crippen molar-refractivity contribution in [3.63, 3.8) is 0 Å². The number of amides is 1. The second kappa shape index (κ2) is 5.05. The number of carbonyl (C=O) groups excluding carboxylic acids is 1. The molecule has 2 aromatic heterocycles. The summed E-state index contributed by atoms with van der Waals surface area (Å²) in [6.45, 7) is 0.563. The van der Waals surface area contributed by atoms with Crippen LogP contribution >= 0.6 is 0 Å². The Hall–Kier alpha value is -2.21. The van der Waals surface area contributed by atoms with Gasteiger partial charge in [0.25, 0.3) is 5.91 Å². The third kappa shape index (κ3) is 2.18. The van der Waals surface area contributed by atoms with Gasteiger partial charge >= 0.3 is 0 Å². The average Bonchev–Trinajstić information content (AvgIpc) is 2.89. The molecule has 0 radical (unpaired) electrons. The van der Waals surface area contributed by atoms with Crippen LogP contribution in [0.3, 0.4) is 0 Å². The van der Waals surface area contributed by atoms with Crippen LogP contribution in [0.5, 0.6) is 0 Å². The van der Waals surface area contributed by atoms with Crippen molar-refractivity contribution in [2.24, 2.45) is 0 Å². The smallest absolute Gasteiger partial charge is 0.268 e. The van der Waals surface area contributed by atoms with Gasteiger partial charge in [0, 0.05) is 36.7 Å². The number of carbonyl (C=O) groups is 1. The number of hydrogen-bond acceptors (Lipinski definition) is 3. The molecular formula is C14H14FN3O2. The molecule has 6 heteroatoms. The number of halogens is 1. The van der Waals surface area contributed by atoms with E-state index in [9.17, 15) is 9.18 Å². The number of hydrogen-bond donors (Lipinski definition) is 2. The lowest BCUT2D eigenvalue weighted by Gasteiger charge is -2.25. The van der Waals surface area contributed by atoms with Crippen LogP contribution in [-0.4, -0.2) is 33.7 Å². The van der Waals surface area contributed by atoms with Gasteiger partial charge < -0.3 is 15.0 Å². The summed E-state index contributed by atoms with van der Waals surface area (Å²) in [6, 6.07) is 4.71. The minimum Gasteiger partial charge on any atom is -0.396 e. The second-order valence-electron chi connectivity index (χ2n) is 4.77. The van der Waals surface area contributed by atoms with Gasteiger partial charge in [-0.05, 0) is 24.6 Å². The summed E-state index contributed by atoms with van der Waals surface area (Å²) in [5.74, 6) is -0.672. The van der Waals surface area contributed by atoms with Crippen molar-refractivity contribution in [2.75, 3.05) is 13.2 Å². The van der Waals surface area contributed by atoms with Crippen molar-refractivity contribution in [1.29, 1.82) is 0 Å². The minimum absolute atomic E-state index is 0.0369. The molecule has 0 aromatic carbocycles. The van der Waals surface area contributed by atoms with Crippen molar-refractivity contribution in [3.05, 3.63) is 42.2 Å². The predicted octanol–water partition coefficient (Wildman–Crippen LogP) is 1.36. The molecule has 0 fully saturated rings. The van der Waals surface area contributed by atoms with Crippen molar-refractivity contribution in [2.45, 2.75) is 12.5 Å². The lowest BCUT2D eigenvalue weighted by atomic mass is 10.1. The SMILES string of the molecule is O=C1NCC(CCO)n2cc(-c3ccc(F)nc3)cc21. The molecule has 0 spiro atoms. The first kappa shape index (κ1) is 12.8. The van der Waals surface area contributed by atoms with Gasteiger partial charge in [-0.3, -0.25) is 4.79 Å². The highest BCUT2D eigenvalue weighted by molar-refractivity contribution is 5.95. The third-order valence-electron chi connectivity index (χ3n) is 3.50. The van der Waals surface area contributed by atoms with Gasteiger partial charge in [-0.2, -0.15) is 4.39 Å². The Kier molecular flexibility index (Phi) is 3.23. The number of pyridine rings is 1. The highest BCUT2D eigenvalue weighted by Gasteiger charge is 2.25. The van der Waals surface area contributed by atoms with E-state index in [0.717, 1.165) is 11.1 Å². The Bertz CT molecular complexity index is 636. The van der Waals surface area contributed by atoms with E-state index in [4.69, 9.17) is 5.11 Å². The second-order valence-corrected chi connectivity index (χ2v) is 4.77. The van der Waals surface area contributed by atoms with Crippen molar-refractivity contribution >= 4 is 5.91 Å². The van der Waals surface area contributed by atoms with Crippen LogP contribution in [-0.2, 0) is 0 Å². The average molecular weight is 275 g/mol. The molecule has 20 heavy (non-hydrogen) atoms. The maximum Gasteiger partial charge on any atom is 0.268 e. The van der Waals surface area contributed by atoms with Crippen molar-refractivity contribution in [3.8, 4) is 11.1 Å². The lowest BCUT2D eigenvalue weighted by molar-refractivity contribution is 0.0907. The fraction of sp³-hybridized carbons (Fsp3) is 0.286. The van der Waals surface area contributed by atoms with Gasteiger partial charge in [-0.15, -0.1) is 0 Å². The molecule has 0 saturated heterocycles. The normalized spacial score (nSPS) is 17.7. The number of nitrogens with one attached hydrogen (secondary N) is 1. The summed E-state index contributed by atoms with van der Waals surface area (Å²) in [5.41, 5.74) is 2.12. The molecular weight excluding hydrogens is 261 g/mol. The van der Waals surface area contributed by atoms with E-state index in [1.807, 2.05) is 10.8 Å². The molecule has 3 heterocycles. The number of fused-ring (bicyclic) bond motifs is 1. The van der Waals surface area contributed by atoms with E-state index in [2.05, 4.69) is 10.3 Å². The number of nitrogens with zero attached hydrogens (tertiary/aromatic N) is 2. The van der Waals surface area contributed by atoms with Crippen molar-refractivity contribution < 1.29 is 14.3 Å². The van der Waals surface area contributed by atoms with Crippen LogP contribution in [0.15, 0.2) is 30.6 Å². The Labute approximate surface area is 115 Å². The number of aromatic nitrogens is 2. The summed E-state index contributed by atoms with van der Waals surface area (Å²) < 4.78 is 14.7. The van der Waals surface area contributed by atoms with E-state index >= 15 is 0 Å². The third-order valence-corrected chi connectivity index (χ3v) is 3.50. The minimum atomic E-state index is -0.534. The fourth-order valence-electron chi connectivity index (χ4n) is 2.46. The van der Waals surface area contributed by atoms with Crippen LogP contribution in [0.25, 0.3) is 11.1 Å². The van der Waals surface area contributed by atoms with E-state index < -0.39 is 5.95 Å². The van der Waals surface area contributed by atoms with Crippen LogP contribution in [0.4, 0.5) is 4.39 Å². The first-order valence-electron chi connectivity index (χ1n) is 6.42. The largest absolute Gasteiger partial charge is 0.396 e. The highest BCUT2D eigenvalue weighted by atomic mass is 19.1. The Morgan fingerprint density at radius 3 is 3.00 bits per heavy atom. The van der Waals surface area contributed by atoms with Gasteiger partial charge in [0.1, 0.15) is 5.69 Å². The molecule has 1 atom stereocenters. The zero-order valence-corrected chi connectivity index (χ0v) is 10.7. The van der Waals surface area contributed by atoms with Crippen LogP contribution in [0.1, 0.15) is 23.0 Å². The van der Waals surface area contributed by atoms with Crippen LogP contribution in [0.2, 0.25) is 0 Å². The molecule has 3 rings (SSSR count). The van der Waals surface area contributed by atoms with Gasteiger partial charge in [0.2, 0.25) is 5.95 Å². The fourth-order valence-corrected chi connectivity index (χ4v) is 2.46. The van der Waals surface area contributed by atoms with Crippen LogP contribution < -0.4 is 5.32 Å². The molecule has 0 aliphatic carbocycles. The zero-order valence-electron chi connectivity index (χ0n) is 10.7. The molecule has 1 aliphatic heterocycles. The topological polar surface area (TPSA) is 67.2 Å². The van der Waals surface area contributed by atoms with Gasteiger partial charge in [0.15, 0.2) is 0 Å². The van der Waals surface area contributed by atoms with Crippen molar-refractivity contribution in [1.82, 2.24) is 14.9 Å². The molecule has 104 valence electrons. The van der Waals surface area contributed by atoms with E-state index in [1.165, 1.54) is 12.3 Å². The summed E-state index contributed by atoms with van der Waals surface area (Å²) in [5, 5.41) is 11.9. The van der Waals surface area contributed by atoms with E-state index in [1.54, 1.807) is 12.1 Å². The predicted molar refractivity (Wildman–Crippen MR) is 70.7 cm³/mol. The Morgan fingerprint density at radius 2 is 2.30 bits per heavy atom. The molecule has 2 aromatic rings. The van der Waals surface area contributed by atoms with Crippen LogP contribution in [0, 0.1) is 5.95 Å². The Balaban J connectivity index is 2.01. The maximum absolute atomic E-state index is 12.8. The number of rotatable bonds is 3. The molecule has 5 nitrogen and oxygen atoms in total. The summed E-state index contributed by atoms with van der Waals surface area (Å²) in [4.78, 5) is 15.5. The zero-order chi connectivity index (χ0) is 14.1. The van der Waals surface area contributed by atoms with Gasteiger partial charge in [-0.25, -0.2) is 4.98 Å². The number of aliphatic hydroxyl groups is 1. The molecule has 1 aliphatic rings. The first-order chi connectivity index (χ1) is 9.69. The first-order valence-corrected chi connectivity index (χ1v) is 6.42. The maximum atomic E-state index is 12.8. The summed E-state index contributed by atoms with van der Waals surface area (Å²) in [7, 11) is 0. The lowest BCUT2D eigenvalue weighted by Crippen LogP contribution is -2.38. The highest BCUT2D eigenvalue weighted by Crippen LogP contribution is 2.27. The van der Waals surface area contributed by atoms with E-state index in [-0.39, 0.29) is 18.6 Å². The van der Waals surface area contributed by atoms with E-state index in [0.29, 0.717) is 18.7 Å². The quantitative estimate of drug-likeness (QED) is 0.831. The molecule has 2 N–H and O–H groups in total. The molecule has 1 unspecified atom stereocenters. The molecule has 1 amide bonds. The van der Waals surface area contributed by atoms with Gasteiger partial charge in [-0.1, -0.05) is 0 Å². The van der Waals surface area contributed by atoms with Gasteiger partial charge in [0.05, 0.1) is 6.04 Å². The summed E-state index contributed by atoms with van der Waals surface area (Å²) >= 11 is 0. The summed E-state index contributed by atoms with van der Waals surface area (Å²) in [6.07, 6.45) is 3.86. The standard InChI is InChI=1S/C14H14FN3O2/c15-13-2-1-9(6-16-13)10-5-12-14(20)17-7-11(3-4-19)18(12)8-10/h1-2,5-6,8,11,19H,3-4,7H2,(H,17,20). The monoisotopic (exact) mass is 275 g/mol. The number of aliphatic hydroxyl groups excluding tert-OH is 1.